The third-order valence-electron chi connectivity index (χ3n) is 4.69. The van der Waals surface area contributed by atoms with E-state index in [1.54, 1.807) is 30.3 Å². The molecule has 6 heteroatoms. The van der Waals surface area contributed by atoms with Crippen LogP contribution in [0.4, 0.5) is 5.69 Å². The van der Waals surface area contributed by atoms with Gasteiger partial charge in [-0.3, -0.25) is 4.79 Å². The molecule has 0 unspecified atom stereocenters. The highest BCUT2D eigenvalue weighted by molar-refractivity contribution is 7.89. The third-order valence-corrected chi connectivity index (χ3v) is 6.61. The first-order chi connectivity index (χ1) is 12.4. The van der Waals surface area contributed by atoms with Crippen molar-refractivity contribution in [2.75, 3.05) is 18.4 Å². The quantitative estimate of drug-likeness (QED) is 0.895. The van der Waals surface area contributed by atoms with E-state index in [0.717, 1.165) is 16.8 Å². The molecule has 0 aromatic heterocycles. The maximum absolute atomic E-state index is 12.7. The molecule has 0 bridgehead atoms. The average Bonchev–Trinajstić information content (AvgIpc) is 2.61. The summed E-state index contributed by atoms with van der Waals surface area (Å²) in [6.07, 6.45) is 1.06. The maximum atomic E-state index is 12.7. The van der Waals surface area contributed by atoms with Crippen molar-refractivity contribution >= 4 is 21.6 Å². The molecule has 26 heavy (non-hydrogen) atoms. The zero-order chi connectivity index (χ0) is 18.7. The number of hydrogen-bond donors (Lipinski definition) is 1. The fourth-order valence-electron chi connectivity index (χ4n) is 3.39. The standard InChI is InChI=1S/C20H24N2O3S/c1-15-12-16(2)14-18(13-15)21-20(23)17-8-10-22(11-9-17)26(24,25)19-6-4-3-5-7-19/h3-7,12-14,17H,8-11H2,1-2H3,(H,21,23). The van der Waals surface area contributed by atoms with Gasteiger partial charge in [0.05, 0.1) is 4.90 Å². The van der Waals surface area contributed by atoms with Crippen LogP contribution in [0.5, 0.6) is 0 Å². The molecule has 0 radical (unpaired) electrons. The summed E-state index contributed by atoms with van der Waals surface area (Å²) in [6, 6.07) is 14.4. The summed E-state index contributed by atoms with van der Waals surface area (Å²) in [5.74, 6) is -0.204. The number of piperidine rings is 1. The minimum absolute atomic E-state index is 0.0354. The Hall–Kier alpha value is -2.18. The van der Waals surface area contributed by atoms with Crippen LogP contribution in [0.1, 0.15) is 24.0 Å². The number of hydrogen-bond acceptors (Lipinski definition) is 3. The summed E-state index contributed by atoms with van der Waals surface area (Å²) in [6.45, 7) is 4.72. The number of aryl methyl sites for hydroxylation is 2. The lowest BCUT2D eigenvalue weighted by atomic mass is 9.97. The summed E-state index contributed by atoms with van der Waals surface area (Å²) < 4.78 is 26.8. The normalized spacial score (nSPS) is 16.4. The predicted molar refractivity (Wildman–Crippen MR) is 102 cm³/mol. The number of nitrogens with one attached hydrogen (secondary N) is 1. The van der Waals surface area contributed by atoms with Crippen LogP contribution in [0.3, 0.4) is 0 Å². The van der Waals surface area contributed by atoms with Crippen LogP contribution in [-0.4, -0.2) is 31.7 Å². The van der Waals surface area contributed by atoms with Crippen molar-refractivity contribution in [2.45, 2.75) is 31.6 Å². The molecular formula is C20H24N2O3S. The van der Waals surface area contributed by atoms with Gasteiger partial charge in [0.2, 0.25) is 15.9 Å². The Balaban J connectivity index is 1.62. The summed E-state index contributed by atoms with van der Waals surface area (Å²) in [4.78, 5) is 12.8. The predicted octanol–water partition coefficient (Wildman–Crippen LogP) is 3.34. The minimum atomic E-state index is -3.48. The SMILES string of the molecule is Cc1cc(C)cc(NC(=O)C2CCN(S(=O)(=O)c3ccccc3)CC2)c1. The topological polar surface area (TPSA) is 66.5 Å². The largest absolute Gasteiger partial charge is 0.326 e. The number of rotatable bonds is 4. The highest BCUT2D eigenvalue weighted by Crippen LogP contribution is 2.25. The van der Waals surface area contributed by atoms with Crippen LogP contribution in [0, 0.1) is 19.8 Å². The molecule has 2 aromatic rings. The van der Waals surface area contributed by atoms with Crippen molar-refractivity contribution in [1.82, 2.24) is 4.31 Å². The van der Waals surface area contributed by atoms with Gasteiger partial charge in [0.1, 0.15) is 0 Å². The Kier molecular flexibility index (Phi) is 5.44. The van der Waals surface area contributed by atoms with Crippen molar-refractivity contribution in [3.05, 3.63) is 59.7 Å². The van der Waals surface area contributed by atoms with Gasteiger partial charge in [-0.1, -0.05) is 24.3 Å². The molecule has 1 N–H and O–H groups in total. The molecule has 1 aliphatic heterocycles. The van der Waals surface area contributed by atoms with Crippen molar-refractivity contribution in [1.29, 1.82) is 0 Å². The molecule has 0 spiro atoms. The Labute approximate surface area is 155 Å². The Morgan fingerprint density at radius 2 is 1.58 bits per heavy atom. The molecule has 1 aliphatic rings. The molecule has 0 saturated carbocycles. The minimum Gasteiger partial charge on any atom is -0.326 e. The van der Waals surface area contributed by atoms with Crippen LogP contribution >= 0.6 is 0 Å². The van der Waals surface area contributed by atoms with Crippen LogP contribution in [0.2, 0.25) is 0 Å². The van der Waals surface area contributed by atoms with Crippen LogP contribution < -0.4 is 5.32 Å². The fraction of sp³-hybridized carbons (Fsp3) is 0.350. The van der Waals surface area contributed by atoms with E-state index < -0.39 is 10.0 Å². The van der Waals surface area contributed by atoms with E-state index in [1.165, 1.54) is 4.31 Å². The molecular weight excluding hydrogens is 348 g/mol. The van der Waals surface area contributed by atoms with Gasteiger partial charge in [-0.15, -0.1) is 0 Å². The van der Waals surface area contributed by atoms with Crippen LogP contribution in [0.15, 0.2) is 53.4 Å². The van der Waals surface area contributed by atoms with E-state index in [2.05, 4.69) is 11.4 Å². The van der Waals surface area contributed by atoms with E-state index in [9.17, 15) is 13.2 Å². The second-order valence-corrected chi connectivity index (χ2v) is 8.79. The Morgan fingerprint density at radius 1 is 1.00 bits per heavy atom. The monoisotopic (exact) mass is 372 g/mol. The number of amides is 1. The van der Waals surface area contributed by atoms with Gasteiger partial charge in [-0.25, -0.2) is 8.42 Å². The fourth-order valence-corrected chi connectivity index (χ4v) is 4.88. The number of benzene rings is 2. The van der Waals surface area contributed by atoms with E-state index in [4.69, 9.17) is 0 Å². The maximum Gasteiger partial charge on any atom is 0.243 e. The number of carbonyl (C=O) groups excluding carboxylic acids is 1. The molecule has 0 aliphatic carbocycles. The summed E-state index contributed by atoms with van der Waals surface area (Å²) in [5.41, 5.74) is 3.00. The summed E-state index contributed by atoms with van der Waals surface area (Å²) in [5, 5.41) is 2.97. The first-order valence-corrected chi connectivity index (χ1v) is 10.2. The zero-order valence-electron chi connectivity index (χ0n) is 15.1. The van der Waals surface area contributed by atoms with E-state index in [-0.39, 0.29) is 11.8 Å². The van der Waals surface area contributed by atoms with Crippen molar-refractivity contribution in [3.63, 3.8) is 0 Å². The number of nitrogens with zero attached hydrogens (tertiary/aromatic N) is 1. The highest BCUT2D eigenvalue weighted by Gasteiger charge is 2.32. The Morgan fingerprint density at radius 3 is 2.15 bits per heavy atom. The third kappa shape index (κ3) is 4.14. The lowest BCUT2D eigenvalue weighted by Crippen LogP contribution is -2.41. The highest BCUT2D eigenvalue weighted by atomic mass is 32.2. The zero-order valence-corrected chi connectivity index (χ0v) is 15.9. The second kappa shape index (κ2) is 7.60. The van der Waals surface area contributed by atoms with E-state index in [1.807, 2.05) is 26.0 Å². The van der Waals surface area contributed by atoms with Gasteiger partial charge < -0.3 is 5.32 Å². The van der Waals surface area contributed by atoms with Gasteiger partial charge in [0.15, 0.2) is 0 Å². The summed E-state index contributed by atoms with van der Waals surface area (Å²) in [7, 11) is -3.48. The smallest absolute Gasteiger partial charge is 0.243 e. The van der Waals surface area contributed by atoms with Crippen molar-refractivity contribution < 1.29 is 13.2 Å². The first kappa shape index (κ1) is 18.6. The lowest BCUT2D eigenvalue weighted by molar-refractivity contribution is -0.120. The van der Waals surface area contributed by atoms with E-state index >= 15 is 0 Å². The van der Waals surface area contributed by atoms with Crippen molar-refractivity contribution in [2.24, 2.45) is 5.92 Å². The average molecular weight is 372 g/mol. The summed E-state index contributed by atoms with van der Waals surface area (Å²) >= 11 is 0. The van der Waals surface area contributed by atoms with Gasteiger partial charge >= 0.3 is 0 Å². The van der Waals surface area contributed by atoms with Gasteiger partial charge in [-0.2, -0.15) is 4.31 Å². The van der Waals surface area contributed by atoms with Gasteiger partial charge in [0.25, 0.3) is 0 Å². The number of sulfonamides is 1. The van der Waals surface area contributed by atoms with Crippen molar-refractivity contribution in [3.8, 4) is 0 Å². The van der Waals surface area contributed by atoms with Crippen LogP contribution in [-0.2, 0) is 14.8 Å². The van der Waals surface area contributed by atoms with Crippen LogP contribution in [0.25, 0.3) is 0 Å². The molecule has 1 saturated heterocycles. The molecule has 2 aromatic carbocycles. The molecule has 0 atom stereocenters. The molecule has 138 valence electrons. The molecule has 3 rings (SSSR count). The second-order valence-electron chi connectivity index (χ2n) is 6.86. The lowest BCUT2D eigenvalue weighted by Gasteiger charge is -2.30. The van der Waals surface area contributed by atoms with E-state index in [0.29, 0.717) is 30.8 Å². The molecule has 5 nitrogen and oxygen atoms in total. The number of anilines is 1. The number of carbonyl (C=O) groups is 1. The van der Waals surface area contributed by atoms with Gasteiger partial charge in [-0.05, 0) is 62.1 Å². The molecule has 1 amide bonds. The van der Waals surface area contributed by atoms with Gasteiger partial charge in [0, 0.05) is 24.7 Å². The Bertz CT molecular complexity index is 866. The first-order valence-electron chi connectivity index (χ1n) is 8.80. The molecule has 1 heterocycles. The molecule has 1 fully saturated rings.